The molecule has 1 saturated heterocycles. The van der Waals surface area contributed by atoms with E-state index >= 15 is 0 Å². The average molecular weight is 411 g/mol. The van der Waals surface area contributed by atoms with Crippen molar-refractivity contribution < 1.29 is 33.3 Å². The van der Waals surface area contributed by atoms with Crippen LogP contribution in [0.5, 0.6) is 0 Å². The number of azide groups is 1. The Balaban J connectivity index is 2.65. The van der Waals surface area contributed by atoms with E-state index in [4.69, 9.17) is 24.5 Å². The zero-order valence-corrected chi connectivity index (χ0v) is 15.6. The van der Waals surface area contributed by atoms with E-state index in [0.717, 1.165) is 37.6 Å². The molecule has 156 valence electrons. The minimum atomic E-state index is -2.16. The Morgan fingerprint density at radius 1 is 1.24 bits per heavy atom. The van der Waals surface area contributed by atoms with Gasteiger partial charge >= 0.3 is 23.6 Å². The largest absolute Gasteiger partial charge is 0.462 e. The van der Waals surface area contributed by atoms with Crippen LogP contribution in [0.4, 0.5) is 0 Å². The van der Waals surface area contributed by atoms with Crippen molar-refractivity contribution in [3.63, 3.8) is 0 Å². The van der Waals surface area contributed by atoms with Gasteiger partial charge in [0.1, 0.15) is 6.61 Å². The summed E-state index contributed by atoms with van der Waals surface area (Å²) in [6, 6.07) is 0.996. The molecule has 0 saturated carbocycles. The molecule has 0 spiro atoms. The van der Waals surface area contributed by atoms with E-state index in [1.165, 1.54) is 0 Å². The van der Waals surface area contributed by atoms with E-state index in [9.17, 15) is 24.0 Å². The van der Waals surface area contributed by atoms with Crippen LogP contribution >= 0.6 is 0 Å². The molecule has 14 nitrogen and oxygen atoms in total. The van der Waals surface area contributed by atoms with E-state index in [1.807, 2.05) is 4.98 Å². The van der Waals surface area contributed by atoms with Gasteiger partial charge in [0.2, 0.25) is 5.72 Å². The van der Waals surface area contributed by atoms with Crippen molar-refractivity contribution in [2.24, 2.45) is 5.11 Å². The monoisotopic (exact) mass is 411 g/mol. The third kappa shape index (κ3) is 4.80. The van der Waals surface area contributed by atoms with Crippen molar-refractivity contribution in [1.29, 1.82) is 0 Å². The Bertz CT molecular complexity index is 979. The molecular formula is C15H17N5O9. The SMILES string of the molecule is CC(=O)OC[C@@]1(N=[N+]=[N-])OC(n2ccc(=O)[nH]c2=O)[C@@H](OC(C)=O)[C@@H]1OC(C)=O. The predicted octanol–water partition coefficient (Wildman–Crippen LogP) is -0.501. The number of aromatic amines is 1. The van der Waals surface area contributed by atoms with Crippen LogP contribution in [0.25, 0.3) is 10.4 Å². The summed E-state index contributed by atoms with van der Waals surface area (Å²) in [5.74, 6) is -2.45. The minimum Gasteiger partial charge on any atom is -0.462 e. The van der Waals surface area contributed by atoms with Crippen molar-refractivity contribution in [3.8, 4) is 0 Å². The number of nitrogens with one attached hydrogen (secondary N) is 1. The van der Waals surface area contributed by atoms with Gasteiger partial charge in [-0.05, 0) is 5.53 Å². The molecule has 0 amide bonds. The van der Waals surface area contributed by atoms with Gasteiger partial charge in [-0.2, -0.15) is 0 Å². The Morgan fingerprint density at radius 3 is 2.41 bits per heavy atom. The molecule has 0 aliphatic carbocycles. The van der Waals surface area contributed by atoms with Crippen LogP contribution in [0.15, 0.2) is 27.0 Å². The first-order valence-electron chi connectivity index (χ1n) is 8.13. The van der Waals surface area contributed by atoms with Gasteiger partial charge in [0.05, 0.1) is 0 Å². The Hall–Kier alpha value is -3.64. The number of carbonyl (C=O) groups is 3. The maximum atomic E-state index is 12.2. The fourth-order valence-corrected chi connectivity index (χ4v) is 2.75. The summed E-state index contributed by atoms with van der Waals surface area (Å²) < 4.78 is 21.7. The van der Waals surface area contributed by atoms with Gasteiger partial charge in [0, 0.05) is 37.9 Å². The zero-order chi connectivity index (χ0) is 21.8. The third-order valence-electron chi connectivity index (χ3n) is 3.77. The average Bonchev–Trinajstić information content (AvgIpc) is 2.87. The van der Waals surface area contributed by atoms with E-state index < -0.39 is 59.9 Å². The zero-order valence-electron chi connectivity index (χ0n) is 15.6. The highest BCUT2D eigenvalue weighted by molar-refractivity contribution is 5.68. The predicted molar refractivity (Wildman–Crippen MR) is 91.1 cm³/mol. The molecule has 1 aromatic rings. The second-order valence-corrected chi connectivity index (χ2v) is 5.94. The number of carbonyl (C=O) groups excluding carboxylic acids is 3. The molecule has 1 aromatic heterocycles. The molecule has 0 radical (unpaired) electrons. The molecule has 2 heterocycles. The van der Waals surface area contributed by atoms with Crippen LogP contribution in [-0.4, -0.2) is 52.0 Å². The van der Waals surface area contributed by atoms with Gasteiger partial charge in [0.25, 0.3) is 5.56 Å². The van der Waals surface area contributed by atoms with E-state index in [0.29, 0.717) is 0 Å². The lowest BCUT2D eigenvalue weighted by atomic mass is 10.0. The van der Waals surface area contributed by atoms with Crippen molar-refractivity contribution in [2.45, 2.75) is 44.9 Å². The van der Waals surface area contributed by atoms with Crippen molar-refractivity contribution in [1.82, 2.24) is 9.55 Å². The van der Waals surface area contributed by atoms with Crippen LogP contribution < -0.4 is 11.2 Å². The summed E-state index contributed by atoms with van der Waals surface area (Å²) in [5, 5.41) is 3.47. The lowest BCUT2D eigenvalue weighted by Gasteiger charge is -2.29. The number of rotatable bonds is 6. The van der Waals surface area contributed by atoms with Crippen molar-refractivity contribution in [3.05, 3.63) is 43.5 Å². The fraction of sp³-hybridized carbons (Fsp3) is 0.533. The van der Waals surface area contributed by atoms with Crippen LogP contribution in [0.1, 0.15) is 27.0 Å². The highest BCUT2D eigenvalue weighted by atomic mass is 16.7. The highest BCUT2D eigenvalue weighted by Crippen LogP contribution is 2.42. The Morgan fingerprint density at radius 2 is 1.90 bits per heavy atom. The summed E-state index contributed by atoms with van der Waals surface area (Å²) in [7, 11) is 0. The molecule has 0 bridgehead atoms. The lowest BCUT2D eigenvalue weighted by molar-refractivity contribution is -0.176. The standard InChI is InChI=1S/C15H17N5O9/c1-7(21)26-6-15(18-19-16)12(28-9(3)23)11(27-8(2)22)13(29-15)20-5-4-10(24)17-14(20)25/h4-5,11-13H,6H2,1-3H3,(H,17,24,25)/t11-,12-,13?,15+/m0/s1. The minimum absolute atomic E-state index is 0.703. The first-order valence-corrected chi connectivity index (χ1v) is 8.13. The fourth-order valence-electron chi connectivity index (χ4n) is 2.75. The molecule has 2 rings (SSSR count). The van der Waals surface area contributed by atoms with Gasteiger partial charge in [-0.15, -0.1) is 0 Å². The summed E-state index contributed by atoms with van der Waals surface area (Å²) in [4.78, 5) is 62.7. The number of H-pyrrole nitrogens is 1. The molecule has 1 aliphatic heterocycles. The maximum absolute atomic E-state index is 12.2. The first kappa shape index (κ1) is 21.7. The van der Waals surface area contributed by atoms with Crippen LogP contribution in [-0.2, 0) is 33.3 Å². The topological polar surface area (TPSA) is 192 Å². The molecule has 1 aliphatic rings. The second-order valence-electron chi connectivity index (χ2n) is 5.94. The summed E-state index contributed by atoms with van der Waals surface area (Å²) in [6.45, 7) is 2.46. The number of aromatic nitrogens is 2. The van der Waals surface area contributed by atoms with Gasteiger partial charge in [0.15, 0.2) is 18.4 Å². The number of nitrogens with zero attached hydrogens (tertiary/aromatic N) is 4. The van der Waals surface area contributed by atoms with E-state index in [-0.39, 0.29) is 0 Å². The summed E-state index contributed by atoms with van der Waals surface area (Å²) in [5.41, 5.74) is 5.20. The Labute approximate surface area is 161 Å². The molecule has 1 N–H and O–H groups in total. The molecule has 1 unspecified atom stereocenters. The van der Waals surface area contributed by atoms with Gasteiger partial charge < -0.3 is 18.9 Å². The maximum Gasteiger partial charge on any atom is 0.330 e. The third-order valence-corrected chi connectivity index (χ3v) is 3.77. The Kier molecular flexibility index (Phi) is 6.41. The smallest absolute Gasteiger partial charge is 0.330 e. The van der Waals surface area contributed by atoms with Crippen LogP contribution in [0.3, 0.4) is 0 Å². The number of hydrogen-bond donors (Lipinski definition) is 1. The van der Waals surface area contributed by atoms with Crippen LogP contribution in [0, 0.1) is 0 Å². The molecule has 0 aromatic carbocycles. The van der Waals surface area contributed by atoms with Gasteiger partial charge in [-0.1, -0.05) is 5.11 Å². The number of esters is 3. The molecule has 14 heteroatoms. The van der Waals surface area contributed by atoms with Crippen LogP contribution in [0.2, 0.25) is 0 Å². The second kappa shape index (κ2) is 8.58. The summed E-state index contributed by atoms with van der Waals surface area (Å²) in [6.07, 6.45) is -3.51. The number of ether oxygens (including phenoxy) is 4. The summed E-state index contributed by atoms with van der Waals surface area (Å²) >= 11 is 0. The van der Waals surface area contributed by atoms with E-state index in [1.54, 1.807) is 0 Å². The molecule has 29 heavy (non-hydrogen) atoms. The molecule has 1 fully saturated rings. The number of hydrogen-bond acceptors (Lipinski definition) is 10. The van der Waals surface area contributed by atoms with Crippen molar-refractivity contribution in [2.75, 3.05) is 6.61 Å². The molecular weight excluding hydrogens is 394 g/mol. The lowest BCUT2D eigenvalue weighted by Crippen LogP contribution is -2.49. The van der Waals surface area contributed by atoms with E-state index in [2.05, 4.69) is 10.0 Å². The van der Waals surface area contributed by atoms with Gasteiger partial charge in [-0.3, -0.25) is 28.7 Å². The highest BCUT2D eigenvalue weighted by Gasteiger charge is 2.61. The first-order chi connectivity index (χ1) is 13.6. The van der Waals surface area contributed by atoms with Crippen molar-refractivity contribution >= 4 is 17.9 Å². The normalized spacial score (nSPS) is 25.6. The molecule has 4 atom stereocenters. The van der Waals surface area contributed by atoms with Gasteiger partial charge in [-0.25, -0.2) is 4.79 Å². The quantitative estimate of drug-likeness (QED) is 0.211.